The van der Waals surface area contributed by atoms with Gasteiger partial charge in [0.2, 0.25) is 0 Å². The van der Waals surface area contributed by atoms with Crippen LogP contribution in [-0.2, 0) is 26.9 Å². The molecule has 0 bridgehead atoms. The van der Waals surface area contributed by atoms with E-state index < -0.39 is 36.1 Å². The number of esters is 1. The highest BCUT2D eigenvalue weighted by Crippen LogP contribution is 2.36. The monoisotopic (exact) mass is 453 g/mol. The predicted octanol–water partition coefficient (Wildman–Crippen LogP) is 3.36. The SMILES string of the molecule is O=C(COC(=O)C1CCCN(c2ncccc2C(F)(F)F)C1)NCCc1ccc(F)cc1. The minimum absolute atomic E-state index is 0.0328. The van der Waals surface area contributed by atoms with Crippen LogP contribution in [0.25, 0.3) is 0 Å². The van der Waals surface area contributed by atoms with Gasteiger partial charge >= 0.3 is 12.1 Å². The zero-order chi connectivity index (χ0) is 23.1. The quantitative estimate of drug-likeness (QED) is 0.514. The van der Waals surface area contributed by atoms with Gasteiger partial charge in [-0.3, -0.25) is 9.59 Å². The first-order chi connectivity index (χ1) is 15.2. The molecule has 2 heterocycles. The Balaban J connectivity index is 1.47. The van der Waals surface area contributed by atoms with Crippen molar-refractivity contribution in [2.45, 2.75) is 25.4 Å². The normalized spacial score (nSPS) is 16.5. The zero-order valence-electron chi connectivity index (χ0n) is 17.2. The van der Waals surface area contributed by atoms with E-state index in [0.29, 0.717) is 32.4 Å². The fourth-order valence-corrected chi connectivity index (χ4v) is 3.54. The van der Waals surface area contributed by atoms with Gasteiger partial charge in [-0.05, 0) is 49.1 Å². The van der Waals surface area contributed by atoms with Gasteiger partial charge in [0, 0.05) is 25.8 Å². The van der Waals surface area contributed by atoms with Gasteiger partial charge in [-0.25, -0.2) is 9.37 Å². The summed E-state index contributed by atoms with van der Waals surface area (Å²) in [7, 11) is 0. The molecule has 1 amide bonds. The van der Waals surface area contributed by atoms with Crippen molar-refractivity contribution in [2.75, 3.05) is 31.1 Å². The summed E-state index contributed by atoms with van der Waals surface area (Å²) in [6.45, 7) is 0.189. The van der Waals surface area contributed by atoms with Gasteiger partial charge in [0.1, 0.15) is 11.6 Å². The molecule has 1 saturated heterocycles. The number of aromatic nitrogens is 1. The fourth-order valence-electron chi connectivity index (χ4n) is 3.54. The van der Waals surface area contributed by atoms with Crippen LogP contribution < -0.4 is 10.2 Å². The van der Waals surface area contributed by atoms with E-state index in [1.807, 2.05) is 0 Å². The molecule has 1 N–H and O–H groups in total. The summed E-state index contributed by atoms with van der Waals surface area (Å²) in [6.07, 6.45) is -1.83. The highest BCUT2D eigenvalue weighted by atomic mass is 19.4. The molecule has 32 heavy (non-hydrogen) atoms. The first-order valence-corrected chi connectivity index (χ1v) is 10.2. The van der Waals surface area contributed by atoms with Gasteiger partial charge in [0.15, 0.2) is 6.61 Å². The number of anilines is 1. The van der Waals surface area contributed by atoms with Crippen LogP contribution in [0.1, 0.15) is 24.0 Å². The van der Waals surface area contributed by atoms with E-state index in [1.54, 1.807) is 12.1 Å². The van der Waals surface area contributed by atoms with Crippen LogP contribution in [0.4, 0.5) is 23.4 Å². The Bertz CT molecular complexity index is 935. The van der Waals surface area contributed by atoms with Gasteiger partial charge in [-0.2, -0.15) is 13.2 Å². The fraction of sp³-hybridized carbons (Fsp3) is 0.409. The molecule has 0 aliphatic carbocycles. The number of carbonyl (C=O) groups is 2. The lowest BCUT2D eigenvalue weighted by atomic mass is 9.98. The van der Waals surface area contributed by atoms with E-state index in [-0.39, 0.29) is 18.2 Å². The number of alkyl halides is 3. The zero-order valence-corrected chi connectivity index (χ0v) is 17.2. The molecular formula is C22H23F4N3O3. The number of rotatable bonds is 7. The molecule has 3 rings (SSSR count). The standard InChI is InChI=1S/C22H23F4N3O3/c23-17-7-5-15(6-8-17)9-11-27-19(30)14-32-21(31)16-3-2-12-29(13-16)20-18(22(24,25)26)4-1-10-28-20/h1,4-8,10,16H,2-3,9,11-14H2,(H,27,30). The maximum Gasteiger partial charge on any atom is 0.419 e. The van der Waals surface area contributed by atoms with Crippen molar-refractivity contribution < 1.29 is 31.9 Å². The molecule has 172 valence electrons. The van der Waals surface area contributed by atoms with Crippen molar-refractivity contribution in [1.82, 2.24) is 10.3 Å². The summed E-state index contributed by atoms with van der Waals surface area (Å²) in [5.41, 5.74) is -0.00621. The lowest BCUT2D eigenvalue weighted by molar-refractivity contribution is -0.152. The van der Waals surface area contributed by atoms with Crippen LogP contribution in [0, 0.1) is 11.7 Å². The molecule has 6 nitrogen and oxygen atoms in total. The van der Waals surface area contributed by atoms with Crippen LogP contribution in [0.2, 0.25) is 0 Å². The van der Waals surface area contributed by atoms with Crippen molar-refractivity contribution in [2.24, 2.45) is 5.92 Å². The van der Waals surface area contributed by atoms with Crippen LogP contribution in [0.3, 0.4) is 0 Å². The number of nitrogens with zero attached hydrogens (tertiary/aromatic N) is 2. The minimum atomic E-state index is -4.55. The van der Waals surface area contributed by atoms with Crippen molar-refractivity contribution in [3.63, 3.8) is 0 Å². The number of amides is 1. The summed E-state index contributed by atoms with van der Waals surface area (Å²) in [5.74, 6) is -2.33. The number of pyridine rings is 1. The first-order valence-electron chi connectivity index (χ1n) is 10.2. The number of benzene rings is 1. The predicted molar refractivity (Wildman–Crippen MR) is 108 cm³/mol. The molecule has 10 heteroatoms. The molecular weight excluding hydrogens is 430 g/mol. The number of halogens is 4. The van der Waals surface area contributed by atoms with Gasteiger partial charge in [0.25, 0.3) is 5.91 Å². The Morgan fingerprint density at radius 3 is 2.66 bits per heavy atom. The smallest absolute Gasteiger partial charge is 0.419 e. The Morgan fingerprint density at radius 1 is 1.19 bits per heavy atom. The molecule has 1 aromatic heterocycles. The maximum atomic E-state index is 13.3. The van der Waals surface area contributed by atoms with Crippen molar-refractivity contribution in [3.8, 4) is 0 Å². The number of hydrogen-bond donors (Lipinski definition) is 1. The van der Waals surface area contributed by atoms with Crippen LogP contribution in [0.5, 0.6) is 0 Å². The van der Waals surface area contributed by atoms with Crippen LogP contribution in [-0.4, -0.2) is 43.1 Å². The van der Waals surface area contributed by atoms with Gasteiger partial charge in [-0.1, -0.05) is 12.1 Å². The topological polar surface area (TPSA) is 71.5 Å². The number of carbonyl (C=O) groups excluding carboxylic acids is 2. The van der Waals surface area contributed by atoms with E-state index in [9.17, 15) is 27.2 Å². The summed E-state index contributed by atoms with van der Waals surface area (Å²) >= 11 is 0. The number of ether oxygens (including phenoxy) is 1. The average Bonchev–Trinajstić information content (AvgIpc) is 2.78. The molecule has 1 unspecified atom stereocenters. The van der Waals surface area contributed by atoms with Crippen LogP contribution in [0.15, 0.2) is 42.6 Å². The maximum absolute atomic E-state index is 13.3. The van der Waals surface area contributed by atoms with Crippen molar-refractivity contribution >= 4 is 17.7 Å². The number of hydrogen-bond acceptors (Lipinski definition) is 5. The molecule has 1 fully saturated rings. The second kappa shape index (κ2) is 10.4. The molecule has 0 spiro atoms. The van der Waals surface area contributed by atoms with Gasteiger partial charge in [-0.15, -0.1) is 0 Å². The third kappa shape index (κ3) is 6.41. The Kier molecular flexibility index (Phi) is 7.66. The highest BCUT2D eigenvalue weighted by Gasteiger charge is 2.37. The van der Waals surface area contributed by atoms with Gasteiger partial charge < -0.3 is 15.0 Å². The molecule has 1 aromatic carbocycles. The van der Waals surface area contributed by atoms with Crippen molar-refractivity contribution in [3.05, 3.63) is 59.5 Å². The average molecular weight is 453 g/mol. The molecule has 2 aromatic rings. The third-order valence-corrected chi connectivity index (χ3v) is 5.14. The lowest BCUT2D eigenvalue weighted by Gasteiger charge is -2.33. The van der Waals surface area contributed by atoms with Gasteiger partial charge in [0.05, 0.1) is 11.5 Å². The summed E-state index contributed by atoms with van der Waals surface area (Å²) in [5, 5.41) is 2.61. The third-order valence-electron chi connectivity index (χ3n) is 5.14. The Hall–Kier alpha value is -3.17. The molecule has 0 saturated carbocycles. The number of nitrogens with one attached hydrogen (secondary N) is 1. The molecule has 0 radical (unpaired) electrons. The summed E-state index contributed by atoms with van der Waals surface area (Å²) in [6, 6.07) is 8.06. The Morgan fingerprint density at radius 2 is 1.94 bits per heavy atom. The summed E-state index contributed by atoms with van der Waals surface area (Å²) < 4.78 is 57.8. The highest BCUT2D eigenvalue weighted by molar-refractivity contribution is 5.81. The molecule has 1 aliphatic heterocycles. The summed E-state index contributed by atoms with van der Waals surface area (Å²) in [4.78, 5) is 29.6. The van der Waals surface area contributed by atoms with E-state index in [1.165, 1.54) is 29.3 Å². The minimum Gasteiger partial charge on any atom is -0.455 e. The Labute approximate surface area is 182 Å². The van der Waals surface area contributed by atoms with E-state index in [2.05, 4.69) is 10.3 Å². The molecule has 1 atom stereocenters. The van der Waals surface area contributed by atoms with E-state index in [0.717, 1.165) is 11.6 Å². The second-order valence-corrected chi connectivity index (χ2v) is 7.49. The van der Waals surface area contributed by atoms with E-state index in [4.69, 9.17) is 4.74 Å². The second-order valence-electron chi connectivity index (χ2n) is 7.49. The van der Waals surface area contributed by atoms with Crippen molar-refractivity contribution in [1.29, 1.82) is 0 Å². The largest absolute Gasteiger partial charge is 0.455 e. The van der Waals surface area contributed by atoms with Crippen LogP contribution >= 0.6 is 0 Å². The lowest BCUT2D eigenvalue weighted by Crippen LogP contribution is -2.41. The van der Waals surface area contributed by atoms with E-state index >= 15 is 0 Å². The number of piperidine rings is 1. The first kappa shape index (κ1) is 23.5. The molecule has 1 aliphatic rings.